The Balaban J connectivity index is 1.87. The Morgan fingerprint density at radius 1 is 0.880 bits per heavy atom. The van der Waals surface area contributed by atoms with Gasteiger partial charge in [-0.1, -0.05) is 23.2 Å². The van der Waals surface area contributed by atoms with Gasteiger partial charge in [-0.2, -0.15) is 0 Å². The van der Waals surface area contributed by atoms with Crippen LogP contribution in [0.3, 0.4) is 0 Å². The van der Waals surface area contributed by atoms with Gasteiger partial charge in [0.1, 0.15) is 0 Å². The number of carbonyl (C=O) groups is 2. The molecule has 0 heterocycles. The normalized spacial score (nSPS) is 10.3. The van der Waals surface area contributed by atoms with Crippen LogP contribution in [-0.4, -0.2) is 40.2 Å². The molecule has 25 heavy (non-hydrogen) atoms. The molecule has 2 amide bonds. The quantitative estimate of drug-likeness (QED) is 0.400. The van der Waals surface area contributed by atoms with Gasteiger partial charge >= 0.3 is 0 Å². The number of halogens is 2. The maximum absolute atomic E-state index is 12.0. The summed E-state index contributed by atoms with van der Waals surface area (Å²) in [5.74, 6) is -2.98. The third-order valence-corrected chi connectivity index (χ3v) is 3.77. The highest BCUT2D eigenvalue weighted by Gasteiger charge is 2.14. The Morgan fingerprint density at radius 2 is 1.44 bits per heavy atom. The molecule has 0 aliphatic heterocycles. The fourth-order valence-corrected chi connectivity index (χ4v) is 2.33. The average Bonchev–Trinajstić information content (AvgIpc) is 2.57. The minimum Gasteiger partial charge on any atom is -0.504 e. The summed E-state index contributed by atoms with van der Waals surface area (Å²) in [4.78, 5) is 23.9. The molecular formula is C16H14Cl2N2O5. The van der Waals surface area contributed by atoms with E-state index >= 15 is 0 Å². The Morgan fingerprint density at radius 3 is 2.04 bits per heavy atom. The van der Waals surface area contributed by atoms with Crippen LogP contribution in [-0.2, 0) is 0 Å². The summed E-state index contributed by atoms with van der Waals surface area (Å²) >= 11 is 11.7. The monoisotopic (exact) mass is 384 g/mol. The van der Waals surface area contributed by atoms with Crippen molar-refractivity contribution < 1.29 is 24.9 Å². The van der Waals surface area contributed by atoms with Crippen molar-refractivity contribution in [3.05, 3.63) is 51.5 Å². The second kappa shape index (κ2) is 7.96. The van der Waals surface area contributed by atoms with E-state index in [1.165, 1.54) is 12.1 Å². The molecule has 2 aromatic carbocycles. The second-order valence-electron chi connectivity index (χ2n) is 5.00. The number of carbonyl (C=O) groups excluding carboxylic acids is 2. The van der Waals surface area contributed by atoms with Gasteiger partial charge < -0.3 is 26.0 Å². The van der Waals surface area contributed by atoms with Crippen molar-refractivity contribution in [3.8, 4) is 17.2 Å². The van der Waals surface area contributed by atoms with Crippen molar-refractivity contribution in [3.63, 3.8) is 0 Å². The molecule has 0 bridgehead atoms. The van der Waals surface area contributed by atoms with E-state index in [2.05, 4.69) is 10.6 Å². The zero-order valence-corrected chi connectivity index (χ0v) is 14.2. The van der Waals surface area contributed by atoms with Crippen LogP contribution in [0.2, 0.25) is 10.0 Å². The van der Waals surface area contributed by atoms with Crippen LogP contribution in [0.5, 0.6) is 17.2 Å². The van der Waals surface area contributed by atoms with Crippen molar-refractivity contribution in [1.82, 2.24) is 10.6 Å². The van der Waals surface area contributed by atoms with Gasteiger partial charge in [-0.15, -0.1) is 0 Å². The molecule has 0 saturated heterocycles. The maximum Gasteiger partial charge on any atom is 0.252 e. The Kier molecular flexibility index (Phi) is 5.95. The van der Waals surface area contributed by atoms with Gasteiger partial charge in [-0.05, 0) is 30.3 Å². The number of benzene rings is 2. The summed E-state index contributed by atoms with van der Waals surface area (Å²) in [6.07, 6.45) is 0. The van der Waals surface area contributed by atoms with Crippen molar-refractivity contribution in [2.45, 2.75) is 0 Å². The molecule has 0 spiro atoms. The number of phenolic OH excluding ortho intramolecular Hbond substituents is 3. The number of phenols is 3. The van der Waals surface area contributed by atoms with Crippen molar-refractivity contribution in [2.24, 2.45) is 0 Å². The second-order valence-corrected chi connectivity index (χ2v) is 5.84. The number of hydrogen-bond acceptors (Lipinski definition) is 5. The van der Waals surface area contributed by atoms with Crippen LogP contribution in [0.4, 0.5) is 0 Å². The lowest BCUT2D eigenvalue weighted by molar-refractivity contribution is 0.0927. The fourth-order valence-electron chi connectivity index (χ4n) is 1.96. The van der Waals surface area contributed by atoms with Gasteiger partial charge in [-0.25, -0.2) is 0 Å². The summed E-state index contributed by atoms with van der Waals surface area (Å²) in [6.45, 7) is 0.203. The predicted molar refractivity (Wildman–Crippen MR) is 92.6 cm³/mol. The fraction of sp³-hybridized carbons (Fsp3) is 0.125. The summed E-state index contributed by atoms with van der Waals surface area (Å²) in [6, 6.07) is 6.51. The van der Waals surface area contributed by atoms with E-state index in [0.29, 0.717) is 5.02 Å². The number of rotatable bonds is 5. The van der Waals surface area contributed by atoms with E-state index < -0.39 is 29.1 Å². The molecule has 9 heteroatoms. The molecule has 0 aliphatic carbocycles. The number of amides is 2. The van der Waals surface area contributed by atoms with Crippen LogP contribution >= 0.6 is 23.2 Å². The van der Waals surface area contributed by atoms with Gasteiger partial charge in [0, 0.05) is 23.7 Å². The van der Waals surface area contributed by atoms with Crippen LogP contribution in [0.25, 0.3) is 0 Å². The third-order valence-electron chi connectivity index (χ3n) is 3.20. The molecule has 5 N–H and O–H groups in total. The van der Waals surface area contributed by atoms with E-state index in [-0.39, 0.29) is 29.2 Å². The van der Waals surface area contributed by atoms with Gasteiger partial charge in [0.15, 0.2) is 17.2 Å². The summed E-state index contributed by atoms with van der Waals surface area (Å²) in [5.41, 5.74) is 0.172. The number of aromatic hydroxyl groups is 3. The highest BCUT2D eigenvalue weighted by molar-refractivity contribution is 6.35. The first-order valence-corrected chi connectivity index (χ1v) is 7.81. The van der Waals surface area contributed by atoms with E-state index in [4.69, 9.17) is 23.2 Å². The lowest BCUT2D eigenvalue weighted by Gasteiger charge is -2.09. The molecule has 2 rings (SSSR count). The highest BCUT2D eigenvalue weighted by atomic mass is 35.5. The Hall–Kier alpha value is -2.64. The molecule has 0 atom stereocenters. The highest BCUT2D eigenvalue weighted by Crippen LogP contribution is 2.35. The molecule has 0 aliphatic rings. The average molecular weight is 385 g/mol. The molecule has 0 radical (unpaired) electrons. The molecule has 0 fully saturated rings. The van der Waals surface area contributed by atoms with Crippen LogP contribution < -0.4 is 10.6 Å². The lowest BCUT2D eigenvalue weighted by atomic mass is 10.1. The number of hydrogen-bond donors (Lipinski definition) is 5. The van der Waals surface area contributed by atoms with Gasteiger partial charge in [0.2, 0.25) is 0 Å². The van der Waals surface area contributed by atoms with Gasteiger partial charge in [0.05, 0.1) is 10.6 Å². The largest absolute Gasteiger partial charge is 0.504 e. The van der Waals surface area contributed by atoms with Gasteiger partial charge in [0.25, 0.3) is 11.8 Å². The van der Waals surface area contributed by atoms with E-state index in [0.717, 1.165) is 12.1 Å². The SMILES string of the molecule is O=C(NCCNC(=O)c1cc(Cl)ccc1Cl)c1cc(O)c(O)c(O)c1. The number of nitrogens with one attached hydrogen (secondary N) is 2. The summed E-state index contributed by atoms with van der Waals surface area (Å²) in [7, 11) is 0. The molecule has 7 nitrogen and oxygen atoms in total. The summed E-state index contributed by atoms with van der Waals surface area (Å²) in [5, 5.41) is 33.7. The van der Waals surface area contributed by atoms with E-state index in [9.17, 15) is 24.9 Å². The van der Waals surface area contributed by atoms with Crippen LogP contribution in [0, 0.1) is 0 Å². The molecule has 0 aromatic heterocycles. The maximum atomic E-state index is 12.0. The first-order chi connectivity index (χ1) is 11.8. The van der Waals surface area contributed by atoms with E-state index in [1.54, 1.807) is 6.07 Å². The summed E-state index contributed by atoms with van der Waals surface area (Å²) < 4.78 is 0. The lowest BCUT2D eigenvalue weighted by Crippen LogP contribution is -2.34. The molecular weight excluding hydrogens is 371 g/mol. The molecule has 132 valence electrons. The molecule has 0 saturated carbocycles. The topological polar surface area (TPSA) is 119 Å². The van der Waals surface area contributed by atoms with Crippen LogP contribution in [0.15, 0.2) is 30.3 Å². The van der Waals surface area contributed by atoms with Gasteiger partial charge in [-0.3, -0.25) is 9.59 Å². The van der Waals surface area contributed by atoms with Crippen molar-refractivity contribution >= 4 is 35.0 Å². The Labute approximate surface area is 152 Å². The minimum absolute atomic E-state index is 0.0444. The standard InChI is InChI=1S/C16H14Cl2N2O5/c17-9-1-2-11(18)10(7-9)16(25)20-4-3-19-15(24)8-5-12(21)14(23)13(22)6-8/h1-2,5-7,21-23H,3-4H2,(H,19,24)(H,20,25). The van der Waals surface area contributed by atoms with Crippen molar-refractivity contribution in [2.75, 3.05) is 13.1 Å². The molecule has 0 unspecified atom stereocenters. The molecule has 2 aromatic rings. The predicted octanol–water partition coefficient (Wildman–Crippen LogP) is 2.27. The zero-order chi connectivity index (χ0) is 18.6. The van der Waals surface area contributed by atoms with Crippen LogP contribution in [0.1, 0.15) is 20.7 Å². The van der Waals surface area contributed by atoms with Crippen molar-refractivity contribution in [1.29, 1.82) is 0 Å². The zero-order valence-electron chi connectivity index (χ0n) is 12.7. The minimum atomic E-state index is -0.706. The first-order valence-electron chi connectivity index (χ1n) is 7.06. The first kappa shape index (κ1) is 18.7. The third kappa shape index (κ3) is 4.68. The van der Waals surface area contributed by atoms with E-state index in [1.807, 2.05) is 0 Å². The smallest absolute Gasteiger partial charge is 0.252 e. The Bertz CT molecular complexity index is 803.